The molecule has 6 nitrogen and oxygen atoms in total. The van der Waals surface area contributed by atoms with Gasteiger partial charge in [-0.2, -0.15) is 0 Å². The van der Waals surface area contributed by atoms with E-state index in [1.807, 2.05) is 4.90 Å². The Kier molecular flexibility index (Phi) is 8.73. The molecule has 1 fully saturated rings. The van der Waals surface area contributed by atoms with Crippen LogP contribution in [0.3, 0.4) is 0 Å². The summed E-state index contributed by atoms with van der Waals surface area (Å²) in [6.45, 7) is 1.18. The minimum Gasteiger partial charge on any atom is -0.497 e. The summed E-state index contributed by atoms with van der Waals surface area (Å²) in [5.74, 6) is 0.618. The second kappa shape index (κ2) is 12.0. The Morgan fingerprint density at radius 1 is 1.15 bits per heavy atom. The van der Waals surface area contributed by atoms with E-state index in [0.29, 0.717) is 55.1 Å². The average Bonchev–Trinajstić information content (AvgIpc) is 2.90. The molecule has 39 heavy (non-hydrogen) atoms. The van der Waals surface area contributed by atoms with Gasteiger partial charge >= 0.3 is 5.97 Å². The zero-order valence-electron chi connectivity index (χ0n) is 21.3. The zero-order chi connectivity index (χ0) is 28.2. The summed E-state index contributed by atoms with van der Waals surface area (Å²) < 4.78 is 60.6. The van der Waals surface area contributed by atoms with E-state index in [0.717, 1.165) is 12.3 Å². The Bertz CT molecular complexity index is 1430. The fourth-order valence-corrected chi connectivity index (χ4v) is 5.14. The number of aromatic nitrogens is 1. The Balaban J connectivity index is 1.44. The third-order valence-electron chi connectivity index (χ3n) is 7.31. The fraction of sp³-hybridized carbons (Fsp3) is 0.379. The molecule has 0 unspecified atom stereocenters. The molecule has 206 valence electrons. The quantitative estimate of drug-likeness (QED) is 0.230. The molecule has 0 amide bonds. The van der Waals surface area contributed by atoms with Crippen molar-refractivity contribution in [3.8, 4) is 17.6 Å². The van der Waals surface area contributed by atoms with Crippen LogP contribution in [0.15, 0.2) is 36.5 Å². The van der Waals surface area contributed by atoms with Crippen LogP contribution in [0.25, 0.3) is 10.9 Å². The number of aliphatic hydroxyl groups excluding tert-OH is 1. The van der Waals surface area contributed by atoms with Crippen LogP contribution >= 0.6 is 0 Å². The lowest BCUT2D eigenvalue weighted by Crippen LogP contribution is -2.41. The lowest BCUT2D eigenvalue weighted by Gasteiger charge is -2.41. The average molecular weight is 545 g/mol. The maximum absolute atomic E-state index is 14.8. The van der Waals surface area contributed by atoms with Crippen LogP contribution in [0.5, 0.6) is 5.75 Å². The second-order valence-electron chi connectivity index (χ2n) is 9.85. The molecular weight excluding hydrogens is 516 g/mol. The number of likely N-dealkylation sites (tertiary alicyclic amines) is 1. The van der Waals surface area contributed by atoms with Gasteiger partial charge in [0, 0.05) is 17.0 Å². The number of hydrogen-bond acceptors (Lipinski definition) is 5. The minimum absolute atomic E-state index is 0.0955. The van der Waals surface area contributed by atoms with Gasteiger partial charge in [0.2, 0.25) is 0 Å². The van der Waals surface area contributed by atoms with Crippen molar-refractivity contribution in [2.45, 2.75) is 38.2 Å². The summed E-state index contributed by atoms with van der Waals surface area (Å²) in [6.07, 6.45) is 1.24. The molecule has 0 radical (unpaired) electrons. The van der Waals surface area contributed by atoms with Gasteiger partial charge in [-0.3, -0.25) is 14.7 Å². The largest absolute Gasteiger partial charge is 0.497 e. The normalized spacial score (nSPS) is 15.9. The van der Waals surface area contributed by atoms with Gasteiger partial charge in [0.25, 0.3) is 0 Å². The molecular formula is C29H28F4N2O4. The lowest BCUT2D eigenvalue weighted by molar-refractivity contribution is -0.141. The predicted octanol–water partition coefficient (Wildman–Crippen LogP) is 5.22. The number of aliphatic hydroxyl groups is 1. The number of benzene rings is 2. The van der Waals surface area contributed by atoms with E-state index < -0.39 is 40.8 Å². The number of carbonyl (C=O) groups is 1. The highest BCUT2D eigenvalue weighted by atomic mass is 19.2. The van der Waals surface area contributed by atoms with E-state index >= 15 is 0 Å². The first-order valence-electron chi connectivity index (χ1n) is 12.5. The predicted molar refractivity (Wildman–Crippen MR) is 136 cm³/mol. The topological polar surface area (TPSA) is 82.9 Å². The number of rotatable bonds is 8. The molecule has 1 aliphatic heterocycles. The monoisotopic (exact) mass is 544 g/mol. The van der Waals surface area contributed by atoms with Crippen LogP contribution < -0.4 is 4.74 Å². The van der Waals surface area contributed by atoms with E-state index in [4.69, 9.17) is 4.74 Å². The van der Waals surface area contributed by atoms with Crippen LogP contribution in [0, 0.1) is 40.5 Å². The summed E-state index contributed by atoms with van der Waals surface area (Å²) in [4.78, 5) is 17.7. The fourth-order valence-electron chi connectivity index (χ4n) is 5.14. The van der Waals surface area contributed by atoms with Gasteiger partial charge in [0.15, 0.2) is 11.6 Å². The van der Waals surface area contributed by atoms with E-state index in [9.17, 15) is 32.6 Å². The number of hydrogen-bond donors (Lipinski definition) is 2. The van der Waals surface area contributed by atoms with Crippen molar-refractivity contribution in [2.24, 2.45) is 5.41 Å². The first-order chi connectivity index (χ1) is 18.6. The second-order valence-corrected chi connectivity index (χ2v) is 9.85. The maximum Gasteiger partial charge on any atom is 0.303 e. The molecule has 1 saturated heterocycles. The third-order valence-corrected chi connectivity index (χ3v) is 7.31. The maximum atomic E-state index is 14.8. The highest BCUT2D eigenvalue weighted by Crippen LogP contribution is 2.42. The molecule has 1 aromatic heterocycles. The van der Waals surface area contributed by atoms with Crippen LogP contribution in [0.4, 0.5) is 17.6 Å². The molecule has 0 saturated carbocycles. The van der Waals surface area contributed by atoms with Crippen LogP contribution in [0.1, 0.15) is 49.3 Å². The van der Waals surface area contributed by atoms with Crippen LogP contribution in [0.2, 0.25) is 0 Å². The van der Waals surface area contributed by atoms with Crippen molar-refractivity contribution >= 4 is 16.9 Å². The van der Waals surface area contributed by atoms with E-state index in [2.05, 4.69) is 16.8 Å². The number of methoxy groups -OCH3 is 1. The molecule has 3 aromatic rings. The van der Waals surface area contributed by atoms with Gasteiger partial charge in [-0.05, 0) is 68.5 Å². The Morgan fingerprint density at radius 2 is 1.90 bits per heavy atom. The van der Waals surface area contributed by atoms with Gasteiger partial charge in [-0.15, -0.1) is 0 Å². The number of aliphatic carboxylic acids is 1. The number of piperidine rings is 1. The molecule has 1 aliphatic rings. The number of ether oxygens (including phenoxy) is 1. The summed E-state index contributed by atoms with van der Waals surface area (Å²) in [7, 11) is 1.48. The summed E-state index contributed by atoms with van der Waals surface area (Å²) in [5, 5.41) is 21.0. The first kappa shape index (κ1) is 28.3. The van der Waals surface area contributed by atoms with E-state index in [1.165, 1.54) is 7.11 Å². The molecule has 0 aliphatic carbocycles. The molecule has 1 atom stereocenters. The number of carboxylic acid groups (broad SMARTS) is 1. The van der Waals surface area contributed by atoms with E-state index in [1.54, 1.807) is 18.2 Å². The van der Waals surface area contributed by atoms with Gasteiger partial charge in [0.05, 0.1) is 43.5 Å². The minimum atomic E-state index is -1.31. The molecule has 0 spiro atoms. The van der Waals surface area contributed by atoms with Crippen molar-refractivity contribution in [1.29, 1.82) is 0 Å². The number of pyridine rings is 1. The van der Waals surface area contributed by atoms with Gasteiger partial charge in [-0.25, -0.2) is 17.6 Å². The van der Waals surface area contributed by atoms with Gasteiger partial charge < -0.3 is 14.9 Å². The van der Waals surface area contributed by atoms with Crippen LogP contribution in [-0.2, 0) is 4.79 Å². The molecule has 4 rings (SSSR count). The van der Waals surface area contributed by atoms with Gasteiger partial charge in [-0.1, -0.05) is 11.8 Å². The molecule has 2 heterocycles. The standard InChI is InChI=1S/C29H28F4N2O4/c1-39-20-4-5-24-21(15-20)27(23(32)17-34-24)25(36)6-7-29(16-26(37)38)8-11-35(12-9-29)10-2-3-18-13-19(30)14-22(31)28(18)33/h4-5,13-15,17,25,36H,6-12,16H2,1H3,(H,37,38)/t25-/m0/s1. The van der Waals surface area contributed by atoms with Crippen molar-refractivity contribution in [2.75, 3.05) is 26.7 Å². The third kappa shape index (κ3) is 6.67. The van der Waals surface area contributed by atoms with Gasteiger partial charge in [0.1, 0.15) is 17.4 Å². The molecule has 2 aromatic carbocycles. The lowest BCUT2D eigenvalue weighted by atomic mass is 9.71. The smallest absolute Gasteiger partial charge is 0.303 e. The summed E-state index contributed by atoms with van der Waals surface area (Å²) in [5.41, 5.74) is -0.391. The number of halogens is 4. The van der Waals surface area contributed by atoms with Crippen molar-refractivity contribution in [3.63, 3.8) is 0 Å². The van der Waals surface area contributed by atoms with Crippen molar-refractivity contribution < 1.29 is 37.3 Å². The molecule has 10 heteroatoms. The summed E-state index contributed by atoms with van der Waals surface area (Å²) >= 11 is 0. The van der Waals surface area contributed by atoms with Crippen molar-refractivity contribution in [3.05, 3.63) is 70.9 Å². The van der Waals surface area contributed by atoms with E-state index in [-0.39, 0.29) is 30.5 Å². The molecule has 2 N–H and O–H groups in total. The first-order valence-corrected chi connectivity index (χ1v) is 12.5. The Morgan fingerprint density at radius 3 is 2.59 bits per heavy atom. The number of nitrogens with zero attached hydrogens (tertiary/aromatic N) is 2. The zero-order valence-corrected chi connectivity index (χ0v) is 21.3. The summed E-state index contributed by atoms with van der Waals surface area (Å²) in [6, 6.07) is 6.26. The van der Waals surface area contributed by atoms with Crippen LogP contribution in [-0.4, -0.2) is 52.8 Å². The number of carboxylic acids is 1. The highest BCUT2D eigenvalue weighted by Gasteiger charge is 2.37. The SMILES string of the molecule is COc1ccc2ncc(F)c([C@@H](O)CCC3(CC(=O)O)CCN(CC#Cc4cc(F)cc(F)c4F)CC3)c2c1. The Labute approximate surface area is 223 Å². The molecule has 0 bridgehead atoms. The van der Waals surface area contributed by atoms with Crippen molar-refractivity contribution in [1.82, 2.24) is 9.88 Å². The highest BCUT2D eigenvalue weighted by molar-refractivity contribution is 5.84. The Hall–Kier alpha value is -3.68. The number of fused-ring (bicyclic) bond motifs is 1.